The van der Waals surface area contributed by atoms with Gasteiger partial charge in [-0.15, -0.1) is 0 Å². The molecular formula is C12H18N2O3S. The summed E-state index contributed by atoms with van der Waals surface area (Å²) < 4.78 is 27.8. The Morgan fingerprint density at radius 2 is 2.06 bits per heavy atom. The number of sulfonamides is 1. The van der Waals surface area contributed by atoms with Crippen LogP contribution in [0.3, 0.4) is 0 Å². The predicted molar refractivity (Wildman–Crippen MR) is 70.0 cm³/mol. The molecule has 0 unspecified atom stereocenters. The fourth-order valence-corrected chi connectivity index (χ4v) is 2.57. The smallest absolute Gasteiger partial charge is 0.238 e. The zero-order valence-corrected chi connectivity index (χ0v) is 11.3. The average molecular weight is 270 g/mol. The molecule has 18 heavy (non-hydrogen) atoms. The number of nitrogens with one attached hydrogen (secondary N) is 1. The molecule has 6 heteroatoms. The van der Waals surface area contributed by atoms with E-state index in [0.717, 1.165) is 24.1 Å². The molecule has 5 nitrogen and oxygen atoms in total. The zero-order chi connectivity index (χ0) is 13.3. The number of benzene rings is 1. The Morgan fingerprint density at radius 1 is 1.39 bits per heavy atom. The van der Waals surface area contributed by atoms with Crippen LogP contribution in [-0.2, 0) is 14.8 Å². The van der Waals surface area contributed by atoms with E-state index in [1.54, 1.807) is 19.2 Å². The highest BCUT2D eigenvalue weighted by Gasteiger charge is 2.29. The Balaban J connectivity index is 2.13. The summed E-state index contributed by atoms with van der Waals surface area (Å²) in [5.74, 6) is 0. The molecule has 0 bridgehead atoms. The van der Waals surface area contributed by atoms with Crippen molar-refractivity contribution in [1.29, 1.82) is 0 Å². The van der Waals surface area contributed by atoms with Crippen molar-refractivity contribution in [3.05, 3.63) is 23.8 Å². The molecule has 1 aromatic rings. The number of methoxy groups -OCH3 is 1. The van der Waals surface area contributed by atoms with Gasteiger partial charge in [0.15, 0.2) is 0 Å². The largest absolute Gasteiger partial charge is 0.382 e. The molecule has 1 saturated carbocycles. The van der Waals surface area contributed by atoms with Crippen LogP contribution in [-0.4, -0.2) is 27.7 Å². The lowest BCUT2D eigenvalue weighted by molar-refractivity contribution is 0.0328. The monoisotopic (exact) mass is 270 g/mol. The predicted octanol–water partition coefficient (Wildman–Crippen LogP) is 1.23. The van der Waals surface area contributed by atoms with Gasteiger partial charge in [0.25, 0.3) is 0 Å². The molecule has 1 aliphatic carbocycles. The van der Waals surface area contributed by atoms with E-state index in [0.29, 0.717) is 12.1 Å². The highest BCUT2D eigenvalue weighted by Crippen LogP contribution is 2.28. The summed E-state index contributed by atoms with van der Waals surface area (Å²) in [7, 11) is -1.94. The Labute approximate surface area is 107 Å². The van der Waals surface area contributed by atoms with E-state index in [-0.39, 0.29) is 4.90 Å². The van der Waals surface area contributed by atoms with E-state index in [2.05, 4.69) is 5.32 Å². The number of hydrogen-bond acceptors (Lipinski definition) is 4. The molecule has 1 fully saturated rings. The molecular weight excluding hydrogens is 252 g/mol. The second-order valence-corrected chi connectivity index (χ2v) is 6.25. The van der Waals surface area contributed by atoms with Gasteiger partial charge >= 0.3 is 0 Å². The number of primary sulfonamides is 1. The quantitative estimate of drug-likeness (QED) is 0.862. The highest BCUT2D eigenvalue weighted by molar-refractivity contribution is 7.89. The first-order chi connectivity index (χ1) is 8.40. The van der Waals surface area contributed by atoms with Gasteiger partial charge in [0.2, 0.25) is 10.0 Å². The lowest BCUT2D eigenvalue weighted by Crippen LogP contribution is -2.40. The van der Waals surface area contributed by atoms with Crippen molar-refractivity contribution < 1.29 is 13.2 Å². The first-order valence-corrected chi connectivity index (χ1v) is 7.37. The van der Waals surface area contributed by atoms with Crippen LogP contribution in [0.5, 0.6) is 0 Å². The maximum absolute atomic E-state index is 11.3. The normalized spacial score (nSPS) is 23.5. The molecule has 0 saturated heterocycles. The summed E-state index contributed by atoms with van der Waals surface area (Å²) in [6, 6.07) is 5.21. The summed E-state index contributed by atoms with van der Waals surface area (Å²) in [6.07, 6.45) is 2.19. The average Bonchev–Trinajstić information content (AvgIpc) is 2.23. The van der Waals surface area contributed by atoms with Gasteiger partial charge in [-0.25, -0.2) is 13.6 Å². The second kappa shape index (κ2) is 4.87. The van der Waals surface area contributed by atoms with E-state index in [1.165, 1.54) is 6.07 Å². The van der Waals surface area contributed by atoms with Crippen molar-refractivity contribution in [3.63, 3.8) is 0 Å². The molecule has 0 radical (unpaired) electrons. The van der Waals surface area contributed by atoms with Gasteiger partial charge in [0.1, 0.15) is 0 Å². The van der Waals surface area contributed by atoms with Crippen molar-refractivity contribution in [2.45, 2.75) is 36.8 Å². The van der Waals surface area contributed by atoms with Gasteiger partial charge in [-0.3, -0.25) is 0 Å². The molecule has 0 spiro atoms. The van der Waals surface area contributed by atoms with Crippen LogP contribution < -0.4 is 10.5 Å². The lowest BCUT2D eigenvalue weighted by atomic mass is 9.89. The van der Waals surface area contributed by atoms with Crippen molar-refractivity contribution in [1.82, 2.24) is 0 Å². The summed E-state index contributed by atoms with van der Waals surface area (Å²) in [5.41, 5.74) is 1.82. The molecule has 100 valence electrons. The van der Waals surface area contributed by atoms with Crippen LogP contribution >= 0.6 is 0 Å². The van der Waals surface area contributed by atoms with Crippen molar-refractivity contribution >= 4 is 15.7 Å². The van der Waals surface area contributed by atoms with Crippen molar-refractivity contribution in [2.75, 3.05) is 12.4 Å². The number of aryl methyl sites for hydroxylation is 1. The second-order valence-electron chi connectivity index (χ2n) is 4.69. The third kappa shape index (κ3) is 2.82. The van der Waals surface area contributed by atoms with Gasteiger partial charge in [0.05, 0.1) is 11.0 Å². The Morgan fingerprint density at radius 3 is 2.61 bits per heavy atom. The molecule has 0 aliphatic heterocycles. The fraction of sp³-hybridized carbons (Fsp3) is 0.500. The summed E-state index contributed by atoms with van der Waals surface area (Å²) in [6.45, 7) is 1.93. The van der Waals surface area contributed by atoms with Gasteiger partial charge < -0.3 is 10.1 Å². The molecule has 0 atom stereocenters. The number of hydrogen-bond donors (Lipinski definition) is 2. The van der Waals surface area contributed by atoms with Gasteiger partial charge in [0, 0.05) is 18.8 Å². The van der Waals surface area contributed by atoms with Crippen LogP contribution in [0.25, 0.3) is 0 Å². The molecule has 1 aliphatic rings. The van der Waals surface area contributed by atoms with E-state index >= 15 is 0 Å². The van der Waals surface area contributed by atoms with Crippen LogP contribution in [0.2, 0.25) is 0 Å². The van der Waals surface area contributed by atoms with Gasteiger partial charge in [-0.2, -0.15) is 0 Å². The lowest BCUT2D eigenvalue weighted by Gasteiger charge is -2.35. The summed E-state index contributed by atoms with van der Waals surface area (Å²) in [4.78, 5) is 0.137. The van der Waals surface area contributed by atoms with Crippen molar-refractivity contribution in [3.8, 4) is 0 Å². The molecule has 0 aromatic heterocycles. The van der Waals surface area contributed by atoms with Crippen LogP contribution in [0.1, 0.15) is 18.4 Å². The van der Waals surface area contributed by atoms with E-state index in [9.17, 15) is 8.42 Å². The minimum Gasteiger partial charge on any atom is -0.382 e. The maximum atomic E-state index is 11.3. The third-order valence-corrected chi connectivity index (χ3v) is 4.24. The van der Waals surface area contributed by atoms with E-state index in [4.69, 9.17) is 9.88 Å². The summed E-state index contributed by atoms with van der Waals surface area (Å²) >= 11 is 0. The first-order valence-electron chi connectivity index (χ1n) is 5.83. The Kier molecular flexibility index (Phi) is 3.61. The zero-order valence-electron chi connectivity index (χ0n) is 10.5. The molecule has 0 amide bonds. The van der Waals surface area contributed by atoms with Crippen LogP contribution in [0.15, 0.2) is 23.1 Å². The molecule has 3 N–H and O–H groups in total. The SMILES string of the molecule is COC1CC(Nc2cc(S(N)(=O)=O)ccc2C)C1. The number of nitrogens with two attached hydrogens (primary N) is 1. The fourth-order valence-electron chi connectivity index (χ4n) is 2.03. The Hall–Kier alpha value is -1.11. The molecule has 1 aromatic carbocycles. The van der Waals surface area contributed by atoms with E-state index < -0.39 is 10.0 Å². The van der Waals surface area contributed by atoms with Crippen LogP contribution in [0, 0.1) is 6.92 Å². The van der Waals surface area contributed by atoms with Gasteiger partial charge in [-0.05, 0) is 37.5 Å². The minimum atomic E-state index is -3.65. The van der Waals surface area contributed by atoms with Crippen LogP contribution in [0.4, 0.5) is 5.69 Å². The standard InChI is InChI=1S/C12H18N2O3S/c1-8-3-4-11(18(13,15)16)7-12(8)14-9-5-10(6-9)17-2/h3-4,7,9-10,14H,5-6H2,1-2H3,(H2,13,15,16). The number of ether oxygens (including phenoxy) is 1. The molecule has 2 rings (SSSR count). The molecule has 0 heterocycles. The third-order valence-electron chi connectivity index (χ3n) is 3.33. The first kappa shape index (κ1) is 13.3. The van der Waals surface area contributed by atoms with Crippen molar-refractivity contribution in [2.24, 2.45) is 5.14 Å². The van der Waals surface area contributed by atoms with E-state index in [1.807, 2.05) is 6.92 Å². The summed E-state index contributed by atoms with van der Waals surface area (Å²) in [5, 5.41) is 8.44. The minimum absolute atomic E-state index is 0.137. The maximum Gasteiger partial charge on any atom is 0.238 e. The number of rotatable bonds is 4. The topological polar surface area (TPSA) is 81.4 Å². The Bertz CT molecular complexity index is 536. The van der Waals surface area contributed by atoms with Gasteiger partial charge in [-0.1, -0.05) is 6.07 Å². The highest BCUT2D eigenvalue weighted by atomic mass is 32.2. The number of anilines is 1.